The van der Waals surface area contributed by atoms with Gasteiger partial charge in [0.15, 0.2) is 14.4 Å². The molecule has 0 aliphatic rings. The Labute approximate surface area is 112 Å². The third kappa shape index (κ3) is 5.50. The fourth-order valence-corrected chi connectivity index (χ4v) is 2.86. The molecule has 108 valence electrons. The van der Waals surface area contributed by atoms with Crippen molar-refractivity contribution in [3.63, 3.8) is 0 Å². The monoisotopic (exact) mass is 276 g/mol. The molecule has 0 bridgehead atoms. The molecule has 0 fully saturated rings. The van der Waals surface area contributed by atoms with E-state index in [0.29, 0.717) is 12.8 Å². The Morgan fingerprint density at radius 1 is 1.28 bits per heavy atom. The maximum absolute atomic E-state index is 11.1. The van der Waals surface area contributed by atoms with Crippen LogP contribution in [0.5, 0.6) is 0 Å². The molecule has 0 saturated heterocycles. The van der Waals surface area contributed by atoms with E-state index in [2.05, 4.69) is 38.6 Å². The van der Waals surface area contributed by atoms with Crippen molar-refractivity contribution in [3.8, 4) is 0 Å². The highest BCUT2D eigenvalue weighted by Crippen LogP contribution is 2.37. The average Bonchev–Trinajstić information content (AvgIpc) is 2.22. The van der Waals surface area contributed by atoms with Crippen molar-refractivity contribution in [2.45, 2.75) is 70.9 Å². The van der Waals surface area contributed by atoms with Crippen molar-refractivity contribution >= 4 is 14.3 Å². The second-order valence-corrected chi connectivity index (χ2v) is 11.1. The summed E-state index contributed by atoms with van der Waals surface area (Å²) in [6.07, 6.45) is 0.0382. The molecule has 0 saturated carbocycles. The summed E-state index contributed by atoms with van der Waals surface area (Å²) in [5.74, 6) is -0.575. The van der Waals surface area contributed by atoms with Gasteiger partial charge in [-0.05, 0) is 37.9 Å². The van der Waals surface area contributed by atoms with Gasteiger partial charge in [0, 0.05) is 6.10 Å². The molecule has 2 atom stereocenters. The van der Waals surface area contributed by atoms with E-state index < -0.39 is 20.4 Å². The van der Waals surface area contributed by atoms with E-state index in [1.807, 2.05) is 6.92 Å². The summed E-state index contributed by atoms with van der Waals surface area (Å²) < 4.78 is 10.6. The van der Waals surface area contributed by atoms with Crippen molar-refractivity contribution in [1.82, 2.24) is 0 Å². The number of hydrogen-bond donors (Lipinski definition) is 1. The first-order valence-corrected chi connectivity index (χ1v) is 9.36. The minimum Gasteiger partial charge on any atom is -0.467 e. The van der Waals surface area contributed by atoms with Crippen LogP contribution in [0.3, 0.4) is 0 Å². The molecular weight excluding hydrogens is 248 g/mol. The van der Waals surface area contributed by atoms with Gasteiger partial charge in [0.25, 0.3) is 0 Å². The van der Waals surface area contributed by atoms with Gasteiger partial charge in [0.05, 0.1) is 7.11 Å². The number of aliphatic hydroxyl groups excluding tert-OH is 1. The molecule has 0 aliphatic heterocycles. The lowest BCUT2D eigenvalue weighted by Gasteiger charge is -2.38. The number of aliphatic hydroxyl groups is 1. The zero-order chi connectivity index (χ0) is 14.6. The summed E-state index contributed by atoms with van der Waals surface area (Å²) in [6.45, 7) is 12.9. The van der Waals surface area contributed by atoms with E-state index in [0.717, 1.165) is 0 Å². The van der Waals surface area contributed by atoms with Crippen LogP contribution in [0.1, 0.15) is 40.5 Å². The minimum atomic E-state index is -1.77. The molecule has 0 aliphatic carbocycles. The highest BCUT2D eigenvalue weighted by atomic mass is 28.4. The standard InChI is InChI=1S/C13H28O4Si/c1-10(8-9-11(14)12(15)16-5)17-18(6,7)13(2,3)4/h10-11,14H,8-9H2,1-7H3. The second-order valence-electron chi connectivity index (χ2n) is 6.31. The molecule has 5 heteroatoms. The second kappa shape index (κ2) is 6.68. The fourth-order valence-electron chi connectivity index (χ4n) is 1.39. The van der Waals surface area contributed by atoms with E-state index in [-0.39, 0.29) is 11.1 Å². The van der Waals surface area contributed by atoms with Gasteiger partial charge in [-0.1, -0.05) is 20.8 Å². The van der Waals surface area contributed by atoms with Gasteiger partial charge >= 0.3 is 5.97 Å². The Bertz CT molecular complexity index is 271. The van der Waals surface area contributed by atoms with Gasteiger partial charge in [-0.15, -0.1) is 0 Å². The quantitative estimate of drug-likeness (QED) is 0.598. The molecule has 0 aromatic carbocycles. The van der Waals surface area contributed by atoms with Crippen LogP contribution < -0.4 is 0 Å². The Morgan fingerprint density at radius 2 is 1.78 bits per heavy atom. The maximum Gasteiger partial charge on any atom is 0.334 e. The molecule has 4 nitrogen and oxygen atoms in total. The van der Waals surface area contributed by atoms with Crippen LogP contribution in [0.25, 0.3) is 0 Å². The van der Waals surface area contributed by atoms with Crippen molar-refractivity contribution in [3.05, 3.63) is 0 Å². The first-order valence-electron chi connectivity index (χ1n) is 6.45. The molecule has 1 N–H and O–H groups in total. The van der Waals surface area contributed by atoms with Crippen molar-refractivity contribution < 1.29 is 19.1 Å². The predicted octanol–water partition coefficient (Wildman–Crippen LogP) is 2.71. The van der Waals surface area contributed by atoms with E-state index in [4.69, 9.17) is 4.43 Å². The van der Waals surface area contributed by atoms with Crippen LogP contribution >= 0.6 is 0 Å². The number of ether oxygens (including phenoxy) is 1. The van der Waals surface area contributed by atoms with Crippen molar-refractivity contribution in [2.75, 3.05) is 7.11 Å². The molecule has 2 unspecified atom stereocenters. The number of methoxy groups -OCH3 is 1. The minimum absolute atomic E-state index is 0.0465. The zero-order valence-electron chi connectivity index (χ0n) is 12.7. The van der Waals surface area contributed by atoms with Crippen LogP contribution in [0.2, 0.25) is 18.1 Å². The fraction of sp³-hybridized carbons (Fsp3) is 0.923. The normalized spacial score (nSPS) is 16.2. The van der Waals surface area contributed by atoms with E-state index in [1.165, 1.54) is 7.11 Å². The Hall–Kier alpha value is -0.393. The molecule has 0 radical (unpaired) electrons. The van der Waals surface area contributed by atoms with E-state index in [9.17, 15) is 9.90 Å². The van der Waals surface area contributed by atoms with Crippen molar-refractivity contribution in [1.29, 1.82) is 0 Å². The third-order valence-corrected chi connectivity index (χ3v) is 8.23. The number of carbonyl (C=O) groups is 1. The molecule has 18 heavy (non-hydrogen) atoms. The van der Waals surface area contributed by atoms with Gasteiger partial charge < -0.3 is 14.3 Å². The molecule has 0 amide bonds. The van der Waals surface area contributed by atoms with Gasteiger partial charge in [-0.2, -0.15) is 0 Å². The topological polar surface area (TPSA) is 55.8 Å². The Morgan fingerprint density at radius 3 is 2.17 bits per heavy atom. The van der Waals surface area contributed by atoms with Crippen LogP contribution in [-0.2, 0) is 14.0 Å². The van der Waals surface area contributed by atoms with Gasteiger partial charge in [-0.3, -0.25) is 0 Å². The summed E-state index contributed by atoms with van der Waals surface area (Å²) in [5, 5.41) is 9.67. The molecule has 0 aromatic heterocycles. The summed E-state index contributed by atoms with van der Waals surface area (Å²) in [4.78, 5) is 11.1. The summed E-state index contributed by atoms with van der Waals surface area (Å²) >= 11 is 0. The average molecular weight is 276 g/mol. The molecule has 0 heterocycles. The largest absolute Gasteiger partial charge is 0.467 e. The van der Waals surface area contributed by atoms with Crippen LogP contribution in [0, 0.1) is 0 Å². The summed E-state index contributed by atoms with van der Waals surface area (Å²) in [6, 6.07) is 0. The number of carbonyl (C=O) groups excluding carboxylic acids is 1. The first-order chi connectivity index (χ1) is 8.01. The molecule has 0 aromatic rings. The van der Waals surface area contributed by atoms with Crippen LogP contribution in [-0.4, -0.2) is 38.7 Å². The number of rotatable bonds is 6. The van der Waals surface area contributed by atoms with Gasteiger partial charge in [0.1, 0.15) is 0 Å². The molecule has 0 spiro atoms. The zero-order valence-corrected chi connectivity index (χ0v) is 13.7. The van der Waals surface area contributed by atoms with E-state index in [1.54, 1.807) is 0 Å². The molecule has 0 rings (SSSR count). The SMILES string of the molecule is COC(=O)C(O)CCC(C)O[Si](C)(C)C(C)(C)C. The number of esters is 1. The van der Waals surface area contributed by atoms with E-state index >= 15 is 0 Å². The number of hydrogen-bond acceptors (Lipinski definition) is 4. The predicted molar refractivity (Wildman–Crippen MR) is 75.0 cm³/mol. The molecular formula is C13H28O4Si. The smallest absolute Gasteiger partial charge is 0.334 e. The lowest BCUT2D eigenvalue weighted by molar-refractivity contribution is -0.150. The first kappa shape index (κ1) is 17.6. The lowest BCUT2D eigenvalue weighted by Crippen LogP contribution is -2.43. The third-order valence-electron chi connectivity index (χ3n) is 3.62. The van der Waals surface area contributed by atoms with Gasteiger partial charge in [0.2, 0.25) is 0 Å². The van der Waals surface area contributed by atoms with Crippen LogP contribution in [0.15, 0.2) is 0 Å². The Balaban J connectivity index is 4.21. The highest BCUT2D eigenvalue weighted by Gasteiger charge is 2.38. The summed E-state index contributed by atoms with van der Waals surface area (Å²) in [7, 11) is -0.494. The Kier molecular flexibility index (Phi) is 6.53. The maximum atomic E-state index is 11.1. The van der Waals surface area contributed by atoms with Crippen molar-refractivity contribution in [2.24, 2.45) is 0 Å². The highest BCUT2D eigenvalue weighted by molar-refractivity contribution is 6.74. The van der Waals surface area contributed by atoms with Crippen LogP contribution in [0.4, 0.5) is 0 Å². The lowest BCUT2D eigenvalue weighted by atomic mass is 10.1. The summed E-state index contributed by atoms with van der Waals surface area (Å²) in [5.41, 5.74) is 0. The van der Waals surface area contributed by atoms with Gasteiger partial charge in [-0.25, -0.2) is 4.79 Å².